The van der Waals surface area contributed by atoms with Crippen molar-refractivity contribution in [3.05, 3.63) is 60.0 Å². The Morgan fingerprint density at radius 1 is 1.04 bits per heavy atom. The van der Waals surface area contributed by atoms with Crippen LogP contribution in [0.25, 0.3) is 5.65 Å². The summed E-state index contributed by atoms with van der Waals surface area (Å²) < 4.78 is 41.7. The van der Waals surface area contributed by atoms with Crippen molar-refractivity contribution in [1.82, 2.24) is 19.9 Å². The molecule has 0 aliphatic rings. The van der Waals surface area contributed by atoms with Gasteiger partial charge in [0.1, 0.15) is 5.75 Å². The lowest BCUT2D eigenvalue weighted by Crippen LogP contribution is -2.17. The highest BCUT2D eigenvalue weighted by Crippen LogP contribution is 2.22. The van der Waals surface area contributed by atoms with Crippen LogP contribution in [0.4, 0.5) is 13.2 Å². The van der Waals surface area contributed by atoms with E-state index in [0.29, 0.717) is 13.1 Å². The van der Waals surface area contributed by atoms with Crippen molar-refractivity contribution < 1.29 is 17.9 Å². The quantitative estimate of drug-likeness (QED) is 0.785. The van der Waals surface area contributed by atoms with Gasteiger partial charge >= 0.3 is 6.36 Å². The predicted octanol–water partition coefficient (Wildman–Crippen LogP) is 2.92. The zero-order valence-electron chi connectivity index (χ0n) is 11.9. The van der Waals surface area contributed by atoms with Gasteiger partial charge in [-0.25, -0.2) is 9.50 Å². The molecule has 2 aromatic heterocycles. The van der Waals surface area contributed by atoms with Crippen molar-refractivity contribution in [2.24, 2.45) is 0 Å². The monoisotopic (exact) mass is 322 g/mol. The molecule has 8 heteroatoms. The van der Waals surface area contributed by atoms with Gasteiger partial charge in [-0.1, -0.05) is 12.1 Å². The number of nitrogens with zero attached hydrogens (tertiary/aromatic N) is 3. The molecule has 0 saturated carbocycles. The molecule has 2 heterocycles. The van der Waals surface area contributed by atoms with Crippen LogP contribution in [0, 0.1) is 0 Å². The molecule has 0 aliphatic heterocycles. The van der Waals surface area contributed by atoms with Crippen molar-refractivity contribution in [1.29, 1.82) is 0 Å². The maximum absolute atomic E-state index is 12.1. The van der Waals surface area contributed by atoms with E-state index in [9.17, 15) is 13.2 Å². The second kappa shape index (κ2) is 6.25. The zero-order valence-corrected chi connectivity index (χ0v) is 11.9. The normalized spacial score (nSPS) is 11.8. The van der Waals surface area contributed by atoms with E-state index in [1.165, 1.54) is 12.1 Å². The molecule has 0 unspecified atom stereocenters. The summed E-state index contributed by atoms with van der Waals surface area (Å²) in [5.41, 5.74) is 2.58. The summed E-state index contributed by atoms with van der Waals surface area (Å²) in [4.78, 5) is 4.25. The smallest absolute Gasteiger partial charge is 0.406 e. The number of nitrogens with one attached hydrogen (secondary N) is 1. The van der Waals surface area contributed by atoms with Gasteiger partial charge in [-0.05, 0) is 17.7 Å². The first-order valence-electron chi connectivity index (χ1n) is 6.83. The number of benzene rings is 1. The van der Waals surface area contributed by atoms with Gasteiger partial charge in [0.2, 0.25) is 0 Å². The highest BCUT2D eigenvalue weighted by atomic mass is 19.4. The van der Waals surface area contributed by atoms with Crippen LogP contribution in [-0.4, -0.2) is 21.0 Å². The number of hydrogen-bond donors (Lipinski definition) is 1. The second-order valence-electron chi connectivity index (χ2n) is 4.89. The SMILES string of the molecule is FC(F)(F)Oc1ccc(CNCc2cnc3ccnn3c2)cc1. The highest BCUT2D eigenvalue weighted by molar-refractivity contribution is 5.35. The van der Waals surface area contributed by atoms with Crippen LogP contribution >= 0.6 is 0 Å². The van der Waals surface area contributed by atoms with E-state index in [1.807, 2.05) is 12.3 Å². The Balaban J connectivity index is 1.53. The maximum atomic E-state index is 12.1. The van der Waals surface area contributed by atoms with E-state index < -0.39 is 6.36 Å². The summed E-state index contributed by atoms with van der Waals surface area (Å²) >= 11 is 0. The van der Waals surface area contributed by atoms with Gasteiger partial charge in [-0.3, -0.25) is 0 Å². The van der Waals surface area contributed by atoms with Gasteiger partial charge in [0.15, 0.2) is 5.65 Å². The van der Waals surface area contributed by atoms with Crippen LogP contribution in [0.3, 0.4) is 0 Å². The topological polar surface area (TPSA) is 51.5 Å². The highest BCUT2D eigenvalue weighted by Gasteiger charge is 2.30. The molecular formula is C15H13F3N4O. The minimum atomic E-state index is -4.67. The first kappa shape index (κ1) is 15.3. The first-order valence-corrected chi connectivity index (χ1v) is 6.83. The number of hydrogen-bond acceptors (Lipinski definition) is 4. The molecule has 3 aromatic rings. The van der Waals surface area contributed by atoms with Crippen LogP contribution in [0.5, 0.6) is 5.75 Å². The molecular weight excluding hydrogens is 309 g/mol. The fourth-order valence-electron chi connectivity index (χ4n) is 2.10. The number of ether oxygens (including phenoxy) is 1. The standard InChI is InChI=1S/C15H13F3N4O/c16-15(17,18)23-13-3-1-11(2-4-13)7-19-8-12-9-20-14-5-6-21-22(14)10-12/h1-6,9-10,19H,7-8H2. The molecule has 5 nitrogen and oxygen atoms in total. The zero-order chi connectivity index (χ0) is 16.3. The van der Waals surface area contributed by atoms with Crippen LogP contribution in [0.2, 0.25) is 0 Å². The molecule has 0 atom stereocenters. The van der Waals surface area contributed by atoms with Gasteiger partial charge in [0, 0.05) is 37.1 Å². The van der Waals surface area contributed by atoms with E-state index in [1.54, 1.807) is 29.0 Å². The molecule has 0 bridgehead atoms. The summed E-state index contributed by atoms with van der Waals surface area (Å²) in [6.07, 6.45) is 0.627. The summed E-state index contributed by atoms with van der Waals surface area (Å²) in [5, 5.41) is 7.30. The molecule has 23 heavy (non-hydrogen) atoms. The molecule has 0 spiro atoms. The van der Waals surface area contributed by atoms with Crippen LogP contribution in [0.1, 0.15) is 11.1 Å². The van der Waals surface area contributed by atoms with Crippen molar-refractivity contribution >= 4 is 5.65 Å². The Bertz CT molecular complexity index is 783. The van der Waals surface area contributed by atoms with E-state index in [0.717, 1.165) is 16.8 Å². The third kappa shape index (κ3) is 4.19. The third-order valence-corrected chi connectivity index (χ3v) is 3.12. The Hall–Kier alpha value is -2.61. The minimum absolute atomic E-state index is 0.227. The summed E-state index contributed by atoms with van der Waals surface area (Å²) in [7, 11) is 0. The molecule has 120 valence electrons. The molecule has 0 fully saturated rings. The van der Waals surface area contributed by atoms with Gasteiger partial charge in [-0.2, -0.15) is 5.10 Å². The molecule has 1 aromatic carbocycles. The van der Waals surface area contributed by atoms with Gasteiger partial charge in [-0.15, -0.1) is 13.2 Å². The molecule has 0 saturated heterocycles. The number of alkyl halides is 3. The number of fused-ring (bicyclic) bond motifs is 1. The van der Waals surface area contributed by atoms with Crippen molar-refractivity contribution in [3.8, 4) is 5.75 Å². The molecule has 0 aliphatic carbocycles. The summed E-state index contributed by atoms with van der Waals surface area (Å²) in [5.74, 6) is -0.227. The number of halogens is 3. The lowest BCUT2D eigenvalue weighted by atomic mass is 10.2. The summed E-state index contributed by atoms with van der Waals surface area (Å²) in [6, 6.07) is 7.57. The molecule has 3 rings (SSSR count). The minimum Gasteiger partial charge on any atom is -0.406 e. The Morgan fingerprint density at radius 2 is 1.78 bits per heavy atom. The first-order chi connectivity index (χ1) is 11.0. The van der Waals surface area contributed by atoms with E-state index in [-0.39, 0.29) is 5.75 Å². The fourth-order valence-corrected chi connectivity index (χ4v) is 2.10. The Kier molecular flexibility index (Phi) is 4.16. The van der Waals surface area contributed by atoms with E-state index in [2.05, 4.69) is 20.1 Å². The third-order valence-electron chi connectivity index (χ3n) is 3.12. The summed E-state index contributed by atoms with van der Waals surface area (Å²) in [6.45, 7) is 1.09. The van der Waals surface area contributed by atoms with Crippen molar-refractivity contribution in [2.75, 3.05) is 0 Å². The number of rotatable bonds is 5. The lowest BCUT2D eigenvalue weighted by molar-refractivity contribution is -0.274. The average Bonchev–Trinajstić information content (AvgIpc) is 2.95. The van der Waals surface area contributed by atoms with Gasteiger partial charge < -0.3 is 10.1 Å². The second-order valence-corrected chi connectivity index (χ2v) is 4.89. The van der Waals surface area contributed by atoms with E-state index >= 15 is 0 Å². The maximum Gasteiger partial charge on any atom is 0.573 e. The van der Waals surface area contributed by atoms with Crippen LogP contribution in [0.15, 0.2) is 48.9 Å². The molecule has 1 N–H and O–H groups in total. The molecule has 0 radical (unpaired) electrons. The predicted molar refractivity (Wildman–Crippen MR) is 76.7 cm³/mol. The van der Waals surface area contributed by atoms with Gasteiger partial charge in [0.05, 0.1) is 6.20 Å². The fraction of sp³-hybridized carbons (Fsp3) is 0.200. The Morgan fingerprint density at radius 3 is 2.52 bits per heavy atom. The van der Waals surface area contributed by atoms with Gasteiger partial charge in [0.25, 0.3) is 0 Å². The molecule has 0 amide bonds. The van der Waals surface area contributed by atoms with Crippen LogP contribution < -0.4 is 10.1 Å². The average molecular weight is 322 g/mol. The Labute approximate surface area is 129 Å². The van der Waals surface area contributed by atoms with E-state index in [4.69, 9.17) is 0 Å². The van der Waals surface area contributed by atoms with Crippen molar-refractivity contribution in [2.45, 2.75) is 19.5 Å². The van der Waals surface area contributed by atoms with Crippen LogP contribution in [-0.2, 0) is 13.1 Å². The number of aromatic nitrogens is 3. The lowest BCUT2D eigenvalue weighted by Gasteiger charge is -2.09. The van der Waals surface area contributed by atoms with Crippen molar-refractivity contribution in [3.63, 3.8) is 0 Å². The largest absolute Gasteiger partial charge is 0.573 e.